The van der Waals surface area contributed by atoms with Crippen LogP contribution >= 0.6 is 0 Å². The molecule has 0 aliphatic rings. The van der Waals surface area contributed by atoms with Crippen molar-refractivity contribution in [3.8, 4) is 0 Å². The van der Waals surface area contributed by atoms with Crippen molar-refractivity contribution in [1.29, 1.82) is 0 Å². The molecule has 0 saturated heterocycles. The van der Waals surface area contributed by atoms with Gasteiger partial charge in [-0.3, -0.25) is 5.84 Å². The molecule has 1 aromatic carbocycles. The third kappa shape index (κ3) is 2.64. The second kappa shape index (κ2) is 3.95. The van der Waals surface area contributed by atoms with Gasteiger partial charge in [0.15, 0.2) is 9.84 Å². The Morgan fingerprint density at radius 3 is 2.25 bits per heavy atom. The molecule has 0 aliphatic heterocycles. The number of hydrogen-bond acceptors (Lipinski definition) is 4. The van der Waals surface area contributed by atoms with Crippen LogP contribution < -0.4 is 11.3 Å². The number of hydrogen-bond donors (Lipinski definition) is 2. The van der Waals surface area contributed by atoms with Crippen molar-refractivity contribution >= 4 is 15.5 Å². The molecule has 0 aliphatic carbocycles. The molecule has 0 bridgehead atoms. The number of halogens is 3. The van der Waals surface area contributed by atoms with Gasteiger partial charge in [-0.05, 0) is 18.2 Å². The highest BCUT2D eigenvalue weighted by molar-refractivity contribution is 7.90. The van der Waals surface area contributed by atoms with Crippen LogP contribution in [-0.4, -0.2) is 14.7 Å². The maximum atomic E-state index is 12.5. The Morgan fingerprint density at radius 2 is 1.88 bits per heavy atom. The van der Waals surface area contributed by atoms with Gasteiger partial charge in [-0.15, -0.1) is 0 Å². The second-order valence-corrected chi connectivity index (χ2v) is 5.14. The molecule has 0 amide bonds. The van der Waals surface area contributed by atoms with Crippen molar-refractivity contribution in [1.82, 2.24) is 0 Å². The predicted molar refractivity (Wildman–Crippen MR) is 52.4 cm³/mol. The Bertz CT molecular complexity index is 496. The van der Waals surface area contributed by atoms with Crippen LogP contribution in [0, 0.1) is 0 Å². The summed E-state index contributed by atoms with van der Waals surface area (Å²) in [6.45, 7) is 0. The zero-order valence-electron chi connectivity index (χ0n) is 8.17. The molecular formula is C8H9F3N2O2S. The number of sulfone groups is 1. The average Bonchev–Trinajstić information content (AvgIpc) is 2.14. The number of alkyl halides is 3. The van der Waals surface area contributed by atoms with E-state index in [-0.39, 0.29) is 5.69 Å². The van der Waals surface area contributed by atoms with E-state index in [1.807, 2.05) is 5.43 Å². The van der Waals surface area contributed by atoms with Gasteiger partial charge in [0, 0.05) is 6.26 Å². The lowest BCUT2D eigenvalue weighted by Crippen LogP contribution is -2.15. The van der Waals surface area contributed by atoms with Gasteiger partial charge in [0.05, 0.1) is 16.1 Å². The average molecular weight is 254 g/mol. The van der Waals surface area contributed by atoms with E-state index >= 15 is 0 Å². The highest BCUT2D eigenvalue weighted by Gasteiger charge is 2.34. The normalized spacial score (nSPS) is 12.6. The maximum Gasteiger partial charge on any atom is 0.418 e. The molecule has 0 fully saturated rings. The van der Waals surface area contributed by atoms with Crippen molar-refractivity contribution in [2.75, 3.05) is 11.7 Å². The first kappa shape index (κ1) is 12.8. The summed E-state index contributed by atoms with van der Waals surface area (Å²) >= 11 is 0. The van der Waals surface area contributed by atoms with Gasteiger partial charge < -0.3 is 5.43 Å². The van der Waals surface area contributed by atoms with E-state index in [0.29, 0.717) is 6.07 Å². The fourth-order valence-corrected chi connectivity index (χ4v) is 1.76. The van der Waals surface area contributed by atoms with Gasteiger partial charge >= 0.3 is 6.18 Å². The van der Waals surface area contributed by atoms with E-state index in [4.69, 9.17) is 5.84 Å². The molecule has 0 atom stereocenters. The Kier molecular flexibility index (Phi) is 3.15. The smallest absolute Gasteiger partial charge is 0.324 e. The molecule has 16 heavy (non-hydrogen) atoms. The first-order chi connectivity index (χ1) is 7.16. The molecule has 4 nitrogen and oxygen atoms in total. The monoisotopic (exact) mass is 254 g/mol. The summed E-state index contributed by atoms with van der Waals surface area (Å²) in [7, 11) is -3.68. The summed E-state index contributed by atoms with van der Waals surface area (Å²) in [6, 6.07) is 2.57. The van der Waals surface area contributed by atoms with Crippen LogP contribution in [0.5, 0.6) is 0 Å². The fourth-order valence-electron chi connectivity index (χ4n) is 1.11. The van der Waals surface area contributed by atoms with Crippen molar-refractivity contribution in [3.63, 3.8) is 0 Å². The predicted octanol–water partition coefficient (Wildman–Crippen LogP) is 1.39. The van der Waals surface area contributed by atoms with Crippen molar-refractivity contribution in [2.24, 2.45) is 5.84 Å². The van der Waals surface area contributed by atoms with Crippen LogP contribution in [0.25, 0.3) is 0 Å². The Balaban J connectivity index is 3.45. The van der Waals surface area contributed by atoms with E-state index in [0.717, 1.165) is 18.4 Å². The van der Waals surface area contributed by atoms with Crippen LogP contribution in [-0.2, 0) is 16.0 Å². The molecule has 0 spiro atoms. The molecule has 1 rings (SSSR count). The summed E-state index contributed by atoms with van der Waals surface area (Å²) < 4.78 is 59.7. The molecule has 0 saturated carbocycles. The number of hydrazine groups is 1. The zero-order valence-corrected chi connectivity index (χ0v) is 8.98. The van der Waals surface area contributed by atoms with E-state index in [2.05, 4.69) is 0 Å². The van der Waals surface area contributed by atoms with E-state index in [9.17, 15) is 21.6 Å². The van der Waals surface area contributed by atoms with Gasteiger partial charge in [0.25, 0.3) is 0 Å². The number of anilines is 1. The third-order valence-corrected chi connectivity index (χ3v) is 2.99. The highest BCUT2D eigenvalue weighted by atomic mass is 32.2. The van der Waals surface area contributed by atoms with Crippen LogP contribution in [0.2, 0.25) is 0 Å². The van der Waals surface area contributed by atoms with Crippen molar-refractivity contribution in [3.05, 3.63) is 23.8 Å². The first-order valence-electron chi connectivity index (χ1n) is 4.04. The van der Waals surface area contributed by atoms with E-state index in [1.165, 1.54) is 0 Å². The number of rotatable bonds is 2. The number of nitrogens with one attached hydrogen (secondary N) is 1. The molecule has 8 heteroatoms. The van der Waals surface area contributed by atoms with Crippen LogP contribution in [0.15, 0.2) is 23.1 Å². The van der Waals surface area contributed by atoms with Gasteiger partial charge in [-0.2, -0.15) is 13.2 Å². The quantitative estimate of drug-likeness (QED) is 0.618. The van der Waals surface area contributed by atoms with Crippen molar-refractivity contribution < 1.29 is 21.6 Å². The molecule has 1 aromatic rings. The number of benzene rings is 1. The summed E-state index contributed by atoms with van der Waals surface area (Å²) in [5.74, 6) is 4.91. The molecule has 0 heterocycles. The standard InChI is InChI=1S/C8H9F3N2O2S/c1-16(14,15)5-2-3-7(13-12)6(4-5)8(9,10)11/h2-4,13H,12H2,1H3. The number of nitrogens with two attached hydrogens (primary N) is 1. The molecule has 90 valence electrons. The number of nitrogen functional groups attached to an aromatic ring is 1. The van der Waals surface area contributed by atoms with Gasteiger partial charge in [-0.1, -0.05) is 0 Å². The SMILES string of the molecule is CS(=O)(=O)c1ccc(NN)c(C(F)(F)F)c1. The highest BCUT2D eigenvalue weighted by Crippen LogP contribution is 2.35. The second-order valence-electron chi connectivity index (χ2n) is 3.12. The summed E-state index contributed by atoms with van der Waals surface area (Å²) in [5.41, 5.74) is 0.378. The van der Waals surface area contributed by atoms with E-state index < -0.39 is 26.5 Å². The van der Waals surface area contributed by atoms with Crippen molar-refractivity contribution in [2.45, 2.75) is 11.1 Å². The summed E-state index contributed by atoms with van der Waals surface area (Å²) in [5, 5.41) is 0. The summed E-state index contributed by atoms with van der Waals surface area (Å²) in [6.07, 6.45) is -3.83. The lowest BCUT2D eigenvalue weighted by molar-refractivity contribution is -0.137. The molecule has 0 unspecified atom stereocenters. The first-order valence-corrected chi connectivity index (χ1v) is 5.93. The van der Waals surface area contributed by atoms with E-state index in [1.54, 1.807) is 0 Å². The van der Waals surface area contributed by atoms with Crippen LogP contribution in [0.4, 0.5) is 18.9 Å². The van der Waals surface area contributed by atoms with Gasteiger partial charge in [0.1, 0.15) is 0 Å². The minimum absolute atomic E-state index is 0.375. The minimum Gasteiger partial charge on any atom is -0.324 e. The van der Waals surface area contributed by atoms with Crippen LogP contribution in [0.1, 0.15) is 5.56 Å². The lowest BCUT2D eigenvalue weighted by Gasteiger charge is -2.13. The Labute approximate surface area is 90.1 Å². The Morgan fingerprint density at radius 1 is 1.31 bits per heavy atom. The largest absolute Gasteiger partial charge is 0.418 e. The fraction of sp³-hybridized carbons (Fsp3) is 0.250. The van der Waals surface area contributed by atoms with Gasteiger partial charge in [-0.25, -0.2) is 8.42 Å². The van der Waals surface area contributed by atoms with Gasteiger partial charge in [0.2, 0.25) is 0 Å². The maximum absolute atomic E-state index is 12.5. The summed E-state index contributed by atoms with van der Waals surface area (Å²) in [4.78, 5) is -0.404. The zero-order chi connectivity index (χ0) is 12.6. The third-order valence-electron chi connectivity index (χ3n) is 1.88. The Hall–Kier alpha value is -1.28. The molecular weight excluding hydrogens is 245 g/mol. The topological polar surface area (TPSA) is 72.2 Å². The minimum atomic E-state index is -4.66. The molecule has 0 radical (unpaired) electrons. The van der Waals surface area contributed by atoms with Crippen LogP contribution in [0.3, 0.4) is 0 Å². The molecule has 0 aromatic heterocycles. The lowest BCUT2D eigenvalue weighted by atomic mass is 10.2. The molecule has 3 N–H and O–H groups in total.